The number of hydrogen-bond donors (Lipinski definition) is 0. The average molecular weight is 236 g/mol. The lowest BCUT2D eigenvalue weighted by molar-refractivity contribution is -0.110. The van der Waals surface area contributed by atoms with Crippen molar-refractivity contribution in [2.24, 2.45) is 0 Å². The van der Waals surface area contributed by atoms with Crippen LogP contribution in [0.25, 0.3) is 12.2 Å². The molecular weight excluding hydrogens is 224 g/mol. The molecule has 0 unspecified atom stereocenters. The highest BCUT2D eigenvalue weighted by molar-refractivity contribution is 6.04. The third kappa shape index (κ3) is 3.79. The summed E-state index contributed by atoms with van der Waals surface area (Å²) < 4.78 is 0. The maximum absolute atomic E-state index is 11.6. The molecule has 0 atom stereocenters. The molecule has 3 heteroatoms. The van der Waals surface area contributed by atoms with Crippen LogP contribution in [0.3, 0.4) is 0 Å². The second-order valence-electron chi connectivity index (χ2n) is 3.59. The first kappa shape index (κ1) is 11.9. The van der Waals surface area contributed by atoms with Crippen molar-refractivity contribution in [3.05, 3.63) is 72.3 Å². The minimum absolute atomic E-state index is 0.0914. The van der Waals surface area contributed by atoms with Crippen LogP contribution in [0.1, 0.15) is 11.4 Å². The minimum atomic E-state index is -0.0914. The van der Waals surface area contributed by atoms with Crippen molar-refractivity contribution in [1.82, 2.24) is 9.97 Å². The van der Waals surface area contributed by atoms with Crippen LogP contribution in [0.2, 0.25) is 0 Å². The second kappa shape index (κ2) is 6.25. The van der Waals surface area contributed by atoms with Gasteiger partial charge in [0.25, 0.3) is 0 Å². The van der Waals surface area contributed by atoms with Gasteiger partial charge < -0.3 is 0 Å². The summed E-state index contributed by atoms with van der Waals surface area (Å²) in [6, 6.07) is 11.4. The molecule has 1 aromatic heterocycles. The fraction of sp³-hybridized carbons (Fsp3) is 0. The molecule has 0 saturated heterocycles. The van der Waals surface area contributed by atoms with E-state index in [1.807, 2.05) is 30.3 Å². The van der Waals surface area contributed by atoms with E-state index in [-0.39, 0.29) is 5.78 Å². The van der Waals surface area contributed by atoms with E-state index in [2.05, 4.69) is 9.97 Å². The summed E-state index contributed by atoms with van der Waals surface area (Å²) in [6.45, 7) is 0. The SMILES string of the molecule is O=C(C=Cc1ccccc1)C=Cc1ncccn1. The van der Waals surface area contributed by atoms with Gasteiger partial charge in [0.05, 0.1) is 0 Å². The molecule has 0 N–H and O–H groups in total. The number of allylic oxidation sites excluding steroid dienone is 2. The molecule has 0 bridgehead atoms. The Labute approximate surface area is 106 Å². The van der Waals surface area contributed by atoms with E-state index in [0.29, 0.717) is 5.82 Å². The molecule has 1 heterocycles. The van der Waals surface area contributed by atoms with Gasteiger partial charge in [-0.2, -0.15) is 0 Å². The number of hydrogen-bond acceptors (Lipinski definition) is 3. The van der Waals surface area contributed by atoms with Crippen molar-refractivity contribution in [2.45, 2.75) is 0 Å². The highest BCUT2D eigenvalue weighted by Gasteiger charge is 1.91. The Morgan fingerprint density at radius 2 is 1.56 bits per heavy atom. The molecule has 0 aliphatic heterocycles. The van der Waals surface area contributed by atoms with Crippen LogP contribution in [-0.4, -0.2) is 15.8 Å². The normalized spacial score (nSPS) is 11.1. The predicted molar refractivity (Wildman–Crippen MR) is 71.5 cm³/mol. The van der Waals surface area contributed by atoms with Crippen LogP contribution in [0.5, 0.6) is 0 Å². The molecule has 88 valence electrons. The Balaban J connectivity index is 1.97. The predicted octanol–water partition coefficient (Wildman–Crippen LogP) is 2.77. The molecule has 0 aliphatic rings. The summed E-state index contributed by atoms with van der Waals surface area (Å²) >= 11 is 0. The standard InChI is InChI=1S/C15H12N2O/c18-14(8-7-13-5-2-1-3-6-13)9-10-15-16-11-4-12-17-15/h1-12H. The number of nitrogens with zero attached hydrogens (tertiary/aromatic N) is 2. The third-order valence-electron chi connectivity index (χ3n) is 2.22. The van der Waals surface area contributed by atoms with Gasteiger partial charge in [0.15, 0.2) is 11.6 Å². The monoisotopic (exact) mass is 236 g/mol. The Hall–Kier alpha value is -2.55. The number of ketones is 1. The van der Waals surface area contributed by atoms with E-state index in [0.717, 1.165) is 5.56 Å². The van der Waals surface area contributed by atoms with Crippen molar-refractivity contribution >= 4 is 17.9 Å². The fourth-order valence-corrected chi connectivity index (χ4v) is 1.35. The van der Waals surface area contributed by atoms with E-state index >= 15 is 0 Å². The molecule has 2 aromatic rings. The summed E-state index contributed by atoms with van der Waals surface area (Å²) in [5, 5.41) is 0. The van der Waals surface area contributed by atoms with Crippen LogP contribution in [-0.2, 0) is 4.79 Å². The molecule has 0 fully saturated rings. The molecule has 0 amide bonds. The number of rotatable bonds is 4. The average Bonchev–Trinajstić information content (AvgIpc) is 2.45. The van der Waals surface area contributed by atoms with E-state index in [9.17, 15) is 4.79 Å². The molecule has 2 rings (SSSR count). The lowest BCUT2D eigenvalue weighted by atomic mass is 10.2. The first-order valence-corrected chi connectivity index (χ1v) is 5.57. The highest BCUT2D eigenvalue weighted by Crippen LogP contribution is 2.01. The largest absolute Gasteiger partial charge is 0.290 e. The number of carbonyl (C=O) groups is 1. The van der Waals surface area contributed by atoms with Crippen LogP contribution < -0.4 is 0 Å². The Morgan fingerprint density at radius 3 is 2.28 bits per heavy atom. The first-order valence-electron chi connectivity index (χ1n) is 5.57. The van der Waals surface area contributed by atoms with Gasteiger partial charge in [-0.1, -0.05) is 36.4 Å². The van der Waals surface area contributed by atoms with Gasteiger partial charge in [-0.3, -0.25) is 4.79 Å². The van der Waals surface area contributed by atoms with Crippen molar-refractivity contribution in [2.75, 3.05) is 0 Å². The summed E-state index contributed by atoms with van der Waals surface area (Å²) in [6.07, 6.45) is 9.62. The van der Waals surface area contributed by atoms with Gasteiger partial charge in [-0.25, -0.2) is 9.97 Å². The fourth-order valence-electron chi connectivity index (χ4n) is 1.35. The first-order chi connectivity index (χ1) is 8.84. The van der Waals surface area contributed by atoms with Crippen LogP contribution in [0.15, 0.2) is 60.9 Å². The van der Waals surface area contributed by atoms with E-state index in [1.165, 1.54) is 12.2 Å². The topological polar surface area (TPSA) is 42.9 Å². The van der Waals surface area contributed by atoms with Gasteiger partial charge in [-0.15, -0.1) is 0 Å². The molecule has 3 nitrogen and oxygen atoms in total. The molecule has 0 spiro atoms. The summed E-state index contributed by atoms with van der Waals surface area (Å²) in [5.41, 5.74) is 0.996. The van der Waals surface area contributed by atoms with Crippen molar-refractivity contribution < 1.29 is 4.79 Å². The maximum atomic E-state index is 11.6. The van der Waals surface area contributed by atoms with Crippen LogP contribution in [0, 0.1) is 0 Å². The maximum Gasteiger partial charge on any atom is 0.178 e. The Morgan fingerprint density at radius 1 is 0.889 bits per heavy atom. The summed E-state index contributed by atoms with van der Waals surface area (Å²) in [7, 11) is 0. The molecule has 0 aliphatic carbocycles. The van der Waals surface area contributed by atoms with Gasteiger partial charge in [0, 0.05) is 12.4 Å². The smallest absolute Gasteiger partial charge is 0.178 e. The molecule has 0 saturated carbocycles. The van der Waals surface area contributed by atoms with Gasteiger partial charge in [0.1, 0.15) is 0 Å². The van der Waals surface area contributed by atoms with Gasteiger partial charge in [0.2, 0.25) is 0 Å². The van der Waals surface area contributed by atoms with Crippen molar-refractivity contribution in [1.29, 1.82) is 0 Å². The highest BCUT2D eigenvalue weighted by atomic mass is 16.1. The molecule has 0 radical (unpaired) electrons. The lowest BCUT2D eigenvalue weighted by Crippen LogP contribution is -1.88. The molecule has 1 aromatic carbocycles. The zero-order chi connectivity index (χ0) is 12.6. The second-order valence-corrected chi connectivity index (χ2v) is 3.59. The quantitative estimate of drug-likeness (QED) is 0.766. The van der Waals surface area contributed by atoms with E-state index < -0.39 is 0 Å². The Kier molecular flexibility index (Phi) is 4.14. The third-order valence-corrected chi connectivity index (χ3v) is 2.22. The van der Waals surface area contributed by atoms with E-state index in [4.69, 9.17) is 0 Å². The number of benzene rings is 1. The zero-order valence-corrected chi connectivity index (χ0v) is 9.73. The molecular formula is C15H12N2O. The lowest BCUT2D eigenvalue weighted by Gasteiger charge is -1.90. The summed E-state index contributed by atoms with van der Waals surface area (Å²) in [5.74, 6) is 0.435. The van der Waals surface area contributed by atoms with Crippen molar-refractivity contribution in [3.8, 4) is 0 Å². The van der Waals surface area contributed by atoms with E-state index in [1.54, 1.807) is 30.6 Å². The van der Waals surface area contributed by atoms with Gasteiger partial charge in [-0.05, 0) is 29.9 Å². The van der Waals surface area contributed by atoms with Gasteiger partial charge >= 0.3 is 0 Å². The number of aromatic nitrogens is 2. The zero-order valence-electron chi connectivity index (χ0n) is 9.73. The summed E-state index contributed by atoms with van der Waals surface area (Å²) in [4.78, 5) is 19.6. The van der Waals surface area contributed by atoms with Crippen molar-refractivity contribution in [3.63, 3.8) is 0 Å². The number of carbonyl (C=O) groups excluding carboxylic acids is 1. The molecule has 18 heavy (non-hydrogen) atoms. The van der Waals surface area contributed by atoms with Crippen LogP contribution >= 0.6 is 0 Å². The minimum Gasteiger partial charge on any atom is -0.290 e. The van der Waals surface area contributed by atoms with Crippen LogP contribution in [0.4, 0.5) is 0 Å². The Bertz CT molecular complexity index is 508.